The number of pyridine rings is 1. The first kappa shape index (κ1) is 20.8. The van der Waals surface area contributed by atoms with E-state index in [1.807, 2.05) is 49.4 Å². The standard InChI is InChI=1S/C23H27N3O3S/c1-15-7-8-20-19(11-15)21(24-13-17(28)14-27)12-23(25-20)26-9-10-30(29)22-6-4-3-5-18(22)16(26)2/h3-8,11-12,16-17,27-28H,9-10,13-14H2,1-2H3,(H,24,25). The summed E-state index contributed by atoms with van der Waals surface area (Å²) in [5.74, 6) is 1.34. The zero-order valence-electron chi connectivity index (χ0n) is 17.2. The second-order valence-corrected chi connectivity index (χ2v) is 9.26. The largest absolute Gasteiger partial charge is 0.394 e. The molecule has 1 aliphatic heterocycles. The SMILES string of the molecule is Cc1ccc2nc(N3CCS(=O)c4ccccc4C3C)cc(NCC(O)CO)c2c1. The van der Waals surface area contributed by atoms with Gasteiger partial charge in [0.05, 0.1) is 35.1 Å². The maximum Gasteiger partial charge on any atom is 0.131 e. The van der Waals surface area contributed by atoms with Gasteiger partial charge in [-0.3, -0.25) is 4.21 Å². The third-order valence-corrected chi connectivity index (χ3v) is 7.00. The number of nitrogens with zero attached hydrogens (tertiary/aromatic N) is 2. The van der Waals surface area contributed by atoms with Gasteiger partial charge >= 0.3 is 0 Å². The van der Waals surface area contributed by atoms with Gasteiger partial charge < -0.3 is 20.4 Å². The van der Waals surface area contributed by atoms with Crippen molar-refractivity contribution in [3.8, 4) is 0 Å². The van der Waals surface area contributed by atoms with E-state index in [0.29, 0.717) is 12.3 Å². The van der Waals surface area contributed by atoms with Crippen LogP contribution in [0, 0.1) is 6.92 Å². The van der Waals surface area contributed by atoms with Crippen LogP contribution in [0.5, 0.6) is 0 Å². The van der Waals surface area contributed by atoms with Gasteiger partial charge in [0.25, 0.3) is 0 Å². The molecule has 3 atom stereocenters. The zero-order chi connectivity index (χ0) is 21.3. The molecule has 0 saturated carbocycles. The predicted octanol–water partition coefficient (Wildman–Crippen LogP) is 3.00. The molecule has 7 heteroatoms. The Morgan fingerprint density at radius 1 is 1.27 bits per heavy atom. The quantitative estimate of drug-likeness (QED) is 0.583. The summed E-state index contributed by atoms with van der Waals surface area (Å²) in [6.07, 6.45) is -0.840. The van der Waals surface area contributed by atoms with Crippen molar-refractivity contribution in [2.45, 2.75) is 30.9 Å². The van der Waals surface area contributed by atoms with Crippen LogP contribution < -0.4 is 10.2 Å². The van der Waals surface area contributed by atoms with E-state index in [4.69, 9.17) is 4.98 Å². The van der Waals surface area contributed by atoms with Gasteiger partial charge in [-0.2, -0.15) is 0 Å². The lowest BCUT2D eigenvalue weighted by atomic mass is 10.1. The number of aryl methyl sites for hydroxylation is 1. The smallest absolute Gasteiger partial charge is 0.131 e. The van der Waals surface area contributed by atoms with Crippen LogP contribution >= 0.6 is 0 Å². The lowest BCUT2D eigenvalue weighted by Gasteiger charge is -2.30. The van der Waals surface area contributed by atoms with Gasteiger partial charge in [0.15, 0.2) is 0 Å². The fourth-order valence-corrected chi connectivity index (χ4v) is 5.22. The maximum atomic E-state index is 12.8. The van der Waals surface area contributed by atoms with Crippen molar-refractivity contribution in [1.29, 1.82) is 0 Å². The van der Waals surface area contributed by atoms with Crippen LogP contribution in [-0.2, 0) is 10.8 Å². The third-order valence-electron chi connectivity index (χ3n) is 5.58. The third kappa shape index (κ3) is 4.05. The average Bonchev–Trinajstić information content (AvgIpc) is 2.88. The average molecular weight is 426 g/mol. The van der Waals surface area contributed by atoms with Gasteiger partial charge in [-0.05, 0) is 37.6 Å². The number of benzene rings is 2. The Labute approximate surface area is 179 Å². The summed E-state index contributed by atoms with van der Waals surface area (Å²) in [5.41, 5.74) is 3.89. The molecule has 0 fully saturated rings. The number of fused-ring (bicyclic) bond motifs is 2. The highest BCUT2D eigenvalue weighted by atomic mass is 32.2. The molecule has 1 aliphatic rings. The Hall–Kier alpha value is -2.48. The summed E-state index contributed by atoms with van der Waals surface area (Å²) in [5, 5.41) is 23.2. The zero-order valence-corrected chi connectivity index (χ0v) is 18.0. The first-order valence-electron chi connectivity index (χ1n) is 10.2. The Balaban J connectivity index is 1.78. The molecular weight excluding hydrogens is 398 g/mol. The van der Waals surface area contributed by atoms with E-state index in [1.54, 1.807) is 0 Å². The van der Waals surface area contributed by atoms with E-state index in [1.165, 1.54) is 0 Å². The van der Waals surface area contributed by atoms with E-state index in [-0.39, 0.29) is 19.2 Å². The molecule has 1 aromatic heterocycles. The van der Waals surface area contributed by atoms with Gasteiger partial charge in [0.1, 0.15) is 5.82 Å². The topological polar surface area (TPSA) is 85.7 Å². The molecule has 0 aliphatic carbocycles. The van der Waals surface area contributed by atoms with Crippen molar-refractivity contribution in [2.75, 3.05) is 35.7 Å². The van der Waals surface area contributed by atoms with Crippen LogP contribution in [0.3, 0.4) is 0 Å². The Kier molecular flexibility index (Phi) is 6.04. The first-order valence-corrected chi connectivity index (χ1v) is 11.5. The number of aliphatic hydroxyl groups excluding tert-OH is 2. The molecule has 0 spiro atoms. The van der Waals surface area contributed by atoms with Crippen LogP contribution in [0.2, 0.25) is 0 Å². The van der Waals surface area contributed by atoms with Gasteiger partial charge in [0, 0.05) is 40.9 Å². The minimum Gasteiger partial charge on any atom is -0.394 e. The molecule has 3 N–H and O–H groups in total. The van der Waals surface area contributed by atoms with Crippen molar-refractivity contribution < 1.29 is 14.4 Å². The monoisotopic (exact) mass is 425 g/mol. The normalized spacial score (nSPS) is 19.9. The number of nitrogens with one attached hydrogen (secondary N) is 1. The molecule has 2 aromatic carbocycles. The van der Waals surface area contributed by atoms with Crippen LogP contribution in [0.15, 0.2) is 53.4 Å². The molecule has 4 rings (SSSR count). The number of anilines is 2. The summed E-state index contributed by atoms with van der Waals surface area (Å²) in [4.78, 5) is 8.00. The highest BCUT2D eigenvalue weighted by molar-refractivity contribution is 7.85. The summed E-state index contributed by atoms with van der Waals surface area (Å²) >= 11 is 0. The molecule has 30 heavy (non-hydrogen) atoms. The summed E-state index contributed by atoms with van der Waals surface area (Å²) in [7, 11) is -1.04. The van der Waals surface area contributed by atoms with Gasteiger partial charge in [-0.1, -0.05) is 29.8 Å². The van der Waals surface area contributed by atoms with Gasteiger partial charge in [-0.25, -0.2) is 4.98 Å². The summed E-state index contributed by atoms with van der Waals surface area (Å²) in [6, 6.07) is 16.0. The molecule has 3 unspecified atom stereocenters. The Morgan fingerprint density at radius 3 is 2.87 bits per heavy atom. The van der Waals surface area contributed by atoms with Crippen LogP contribution in [0.1, 0.15) is 24.1 Å². The fraction of sp³-hybridized carbons (Fsp3) is 0.348. The van der Waals surface area contributed by atoms with E-state index in [0.717, 1.165) is 38.4 Å². The van der Waals surface area contributed by atoms with Crippen LogP contribution in [0.25, 0.3) is 10.9 Å². The molecule has 0 bridgehead atoms. The van der Waals surface area contributed by atoms with Crippen molar-refractivity contribution >= 4 is 33.2 Å². The molecule has 0 amide bonds. The molecule has 3 aromatic rings. The highest BCUT2D eigenvalue weighted by Crippen LogP contribution is 2.35. The molecular formula is C23H27N3O3S. The van der Waals surface area contributed by atoms with Crippen molar-refractivity contribution in [3.05, 3.63) is 59.7 Å². The van der Waals surface area contributed by atoms with Crippen molar-refractivity contribution in [1.82, 2.24) is 4.98 Å². The van der Waals surface area contributed by atoms with E-state index in [2.05, 4.69) is 23.2 Å². The van der Waals surface area contributed by atoms with E-state index >= 15 is 0 Å². The number of aromatic nitrogens is 1. The second-order valence-electron chi connectivity index (χ2n) is 7.72. The lowest BCUT2D eigenvalue weighted by Crippen LogP contribution is -2.29. The minimum atomic E-state index is -1.04. The molecule has 0 saturated heterocycles. The maximum absolute atomic E-state index is 12.8. The van der Waals surface area contributed by atoms with Crippen molar-refractivity contribution in [2.24, 2.45) is 0 Å². The van der Waals surface area contributed by atoms with Crippen LogP contribution in [-0.4, -0.2) is 51.0 Å². The van der Waals surface area contributed by atoms with E-state index < -0.39 is 16.9 Å². The van der Waals surface area contributed by atoms with E-state index in [9.17, 15) is 14.4 Å². The van der Waals surface area contributed by atoms with Crippen LogP contribution in [0.4, 0.5) is 11.5 Å². The summed E-state index contributed by atoms with van der Waals surface area (Å²) < 4.78 is 12.8. The molecule has 0 radical (unpaired) electrons. The predicted molar refractivity (Wildman–Crippen MR) is 122 cm³/mol. The number of aliphatic hydroxyl groups is 2. The highest BCUT2D eigenvalue weighted by Gasteiger charge is 2.27. The lowest BCUT2D eigenvalue weighted by molar-refractivity contribution is 0.105. The first-order chi connectivity index (χ1) is 14.5. The van der Waals surface area contributed by atoms with Crippen molar-refractivity contribution in [3.63, 3.8) is 0 Å². The second kappa shape index (κ2) is 8.71. The molecule has 158 valence electrons. The molecule has 2 heterocycles. The van der Waals surface area contributed by atoms with Gasteiger partial charge in [0.2, 0.25) is 0 Å². The minimum absolute atomic E-state index is 0.0268. The number of rotatable bonds is 5. The number of hydrogen-bond donors (Lipinski definition) is 3. The number of hydrogen-bond acceptors (Lipinski definition) is 6. The fourth-order valence-electron chi connectivity index (χ4n) is 3.91. The Bertz CT molecular complexity index is 1090. The van der Waals surface area contributed by atoms with Gasteiger partial charge in [-0.15, -0.1) is 0 Å². The summed E-state index contributed by atoms with van der Waals surface area (Å²) in [6.45, 7) is 4.72. The Morgan fingerprint density at radius 2 is 2.07 bits per heavy atom. The molecule has 6 nitrogen and oxygen atoms in total.